The Balaban J connectivity index is 1.53. The zero-order valence-corrected chi connectivity index (χ0v) is 15.5. The number of piperidine rings is 1. The number of amides is 1. The first-order chi connectivity index (χ1) is 10.8. The number of carbonyl (C=O) groups is 1. The molecule has 0 atom stereocenters. The number of hydrogen-bond donors (Lipinski definition) is 0. The van der Waals surface area contributed by atoms with Crippen molar-refractivity contribution < 1.29 is 9.53 Å². The molecular weight excluding hydrogens is 360 g/mol. The molecule has 1 amide bonds. The van der Waals surface area contributed by atoms with Crippen molar-refractivity contribution in [1.29, 1.82) is 0 Å². The van der Waals surface area contributed by atoms with Crippen LogP contribution in [0.15, 0.2) is 17.0 Å². The van der Waals surface area contributed by atoms with E-state index < -0.39 is 5.60 Å². The van der Waals surface area contributed by atoms with Gasteiger partial charge in [0.1, 0.15) is 17.7 Å². The van der Waals surface area contributed by atoms with Crippen LogP contribution in [0.25, 0.3) is 0 Å². The lowest BCUT2D eigenvalue weighted by Gasteiger charge is -2.54. The smallest absolute Gasteiger partial charge is 0.410 e. The largest absolute Gasteiger partial charge is 0.444 e. The molecule has 0 saturated carbocycles. The molecule has 3 rings (SSSR count). The molecule has 6 nitrogen and oxygen atoms in total. The molecule has 7 heteroatoms. The van der Waals surface area contributed by atoms with Gasteiger partial charge in [-0.3, -0.25) is 0 Å². The fourth-order valence-corrected chi connectivity index (χ4v) is 3.73. The fraction of sp³-hybridized carbons (Fsp3) is 0.688. The van der Waals surface area contributed by atoms with E-state index in [1.807, 2.05) is 25.7 Å². The average molecular weight is 383 g/mol. The Kier molecular flexibility index (Phi) is 4.25. The zero-order valence-electron chi connectivity index (χ0n) is 13.9. The van der Waals surface area contributed by atoms with Crippen molar-refractivity contribution in [3.8, 4) is 0 Å². The fourth-order valence-electron chi connectivity index (χ4n) is 3.26. The van der Waals surface area contributed by atoms with Gasteiger partial charge in [-0.15, -0.1) is 0 Å². The van der Waals surface area contributed by atoms with Crippen LogP contribution < -0.4 is 4.90 Å². The Hall–Kier alpha value is -1.37. The standard InChI is InChI=1S/C16H23BrN4O2/c1-15(2,3)23-14(22)20-6-4-16(5-7-20)9-21(10-16)13-12(17)8-18-11-19-13/h8,11H,4-7,9-10H2,1-3H3. The van der Waals surface area contributed by atoms with Crippen LogP contribution >= 0.6 is 15.9 Å². The summed E-state index contributed by atoms with van der Waals surface area (Å²) in [6.45, 7) is 9.23. The summed E-state index contributed by atoms with van der Waals surface area (Å²) in [5.74, 6) is 0.959. The normalized spacial score (nSPS) is 20.3. The third-order valence-corrected chi connectivity index (χ3v) is 5.04. The second kappa shape index (κ2) is 5.92. The minimum Gasteiger partial charge on any atom is -0.444 e. The summed E-state index contributed by atoms with van der Waals surface area (Å²) in [5, 5.41) is 0. The van der Waals surface area contributed by atoms with Gasteiger partial charge in [0, 0.05) is 37.8 Å². The van der Waals surface area contributed by atoms with Crippen molar-refractivity contribution in [1.82, 2.24) is 14.9 Å². The minimum atomic E-state index is -0.432. The predicted molar refractivity (Wildman–Crippen MR) is 91.4 cm³/mol. The number of anilines is 1. The molecule has 3 heterocycles. The van der Waals surface area contributed by atoms with Crippen molar-refractivity contribution in [3.63, 3.8) is 0 Å². The maximum absolute atomic E-state index is 12.1. The van der Waals surface area contributed by atoms with Gasteiger partial charge in [0.05, 0.1) is 4.47 Å². The van der Waals surface area contributed by atoms with E-state index in [2.05, 4.69) is 30.8 Å². The van der Waals surface area contributed by atoms with Crippen LogP contribution in [0.2, 0.25) is 0 Å². The molecule has 1 spiro atoms. The van der Waals surface area contributed by atoms with E-state index in [-0.39, 0.29) is 6.09 Å². The minimum absolute atomic E-state index is 0.193. The van der Waals surface area contributed by atoms with Gasteiger partial charge in [0.25, 0.3) is 0 Å². The SMILES string of the molecule is CC(C)(C)OC(=O)N1CCC2(CC1)CN(c1ncncc1Br)C2. The summed E-state index contributed by atoms with van der Waals surface area (Å²) < 4.78 is 6.39. The molecular formula is C16H23BrN4O2. The number of carbonyl (C=O) groups excluding carboxylic acids is 1. The first-order valence-electron chi connectivity index (χ1n) is 7.96. The van der Waals surface area contributed by atoms with Crippen molar-refractivity contribution in [3.05, 3.63) is 17.0 Å². The molecule has 2 aliphatic rings. The first-order valence-corrected chi connectivity index (χ1v) is 8.76. The van der Waals surface area contributed by atoms with Crippen LogP contribution in [-0.2, 0) is 4.74 Å². The van der Waals surface area contributed by atoms with Crippen LogP contribution in [0.3, 0.4) is 0 Å². The third kappa shape index (κ3) is 3.59. The van der Waals surface area contributed by atoms with Gasteiger partial charge in [-0.25, -0.2) is 14.8 Å². The van der Waals surface area contributed by atoms with Gasteiger partial charge in [-0.2, -0.15) is 0 Å². The Bertz CT molecular complexity index is 586. The summed E-state index contributed by atoms with van der Waals surface area (Å²) >= 11 is 3.50. The van der Waals surface area contributed by atoms with Crippen LogP contribution in [-0.4, -0.2) is 52.7 Å². The maximum Gasteiger partial charge on any atom is 0.410 e. The van der Waals surface area contributed by atoms with Crippen molar-refractivity contribution in [2.24, 2.45) is 5.41 Å². The Labute approximate surface area is 145 Å². The van der Waals surface area contributed by atoms with Gasteiger partial charge in [0.15, 0.2) is 0 Å². The molecule has 1 aromatic rings. The number of halogens is 1. The van der Waals surface area contributed by atoms with Gasteiger partial charge < -0.3 is 14.5 Å². The van der Waals surface area contributed by atoms with Crippen LogP contribution in [0.1, 0.15) is 33.6 Å². The number of rotatable bonds is 1. The Morgan fingerprint density at radius 2 is 1.96 bits per heavy atom. The molecule has 0 N–H and O–H groups in total. The molecule has 0 aliphatic carbocycles. The van der Waals surface area contributed by atoms with Crippen molar-refractivity contribution >= 4 is 27.8 Å². The highest BCUT2D eigenvalue weighted by atomic mass is 79.9. The number of likely N-dealkylation sites (tertiary alicyclic amines) is 1. The molecule has 126 valence electrons. The Morgan fingerprint density at radius 1 is 1.30 bits per heavy atom. The summed E-state index contributed by atoms with van der Waals surface area (Å²) in [6, 6.07) is 0. The highest BCUT2D eigenvalue weighted by molar-refractivity contribution is 9.10. The van der Waals surface area contributed by atoms with E-state index in [0.717, 1.165) is 49.3 Å². The first kappa shape index (κ1) is 16.5. The lowest BCUT2D eigenvalue weighted by molar-refractivity contribution is 0.00588. The van der Waals surface area contributed by atoms with Gasteiger partial charge in [0.2, 0.25) is 0 Å². The second-order valence-corrected chi connectivity index (χ2v) is 8.37. The number of ether oxygens (including phenoxy) is 1. The summed E-state index contributed by atoms with van der Waals surface area (Å²) in [5.41, 5.74) is -0.123. The summed E-state index contributed by atoms with van der Waals surface area (Å²) in [6.07, 6.45) is 5.20. The van der Waals surface area contributed by atoms with Crippen LogP contribution in [0, 0.1) is 5.41 Å². The number of hydrogen-bond acceptors (Lipinski definition) is 5. The van der Waals surface area contributed by atoms with E-state index in [9.17, 15) is 4.79 Å². The molecule has 2 saturated heterocycles. The van der Waals surface area contributed by atoms with Crippen molar-refractivity contribution in [2.45, 2.75) is 39.2 Å². The lowest BCUT2D eigenvalue weighted by atomic mass is 9.72. The molecule has 2 fully saturated rings. The van der Waals surface area contributed by atoms with E-state index in [4.69, 9.17) is 4.74 Å². The predicted octanol–water partition coefficient (Wildman–Crippen LogP) is 3.08. The Morgan fingerprint density at radius 3 is 2.52 bits per heavy atom. The third-order valence-electron chi connectivity index (χ3n) is 4.48. The number of aromatic nitrogens is 2. The summed E-state index contributed by atoms with van der Waals surface area (Å²) in [4.78, 5) is 24.6. The maximum atomic E-state index is 12.1. The van der Waals surface area contributed by atoms with Crippen molar-refractivity contribution in [2.75, 3.05) is 31.1 Å². The van der Waals surface area contributed by atoms with Crippen LogP contribution in [0.4, 0.5) is 10.6 Å². The summed E-state index contributed by atoms with van der Waals surface area (Å²) in [7, 11) is 0. The average Bonchev–Trinajstić information content (AvgIpc) is 2.44. The van der Waals surface area contributed by atoms with Gasteiger partial charge in [-0.05, 0) is 49.5 Å². The van der Waals surface area contributed by atoms with E-state index >= 15 is 0 Å². The van der Waals surface area contributed by atoms with Crippen LogP contribution in [0.5, 0.6) is 0 Å². The van der Waals surface area contributed by atoms with E-state index in [1.165, 1.54) is 0 Å². The quantitative estimate of drug-likeness (QED) is 0.746. The van der Waals surface area contributed by atoms with Gasteiger partial charge >= 0.3 is 6.09 Å². The molecule has 0 unspecified atom stereocenters. The molecule has 1 aromatic heterocycles. The second-order valence-electron chi connectivity index (χ2n) is 7.52. The van der Waals surface area contributed by atoms with E-state index in [0.29, 0.717) is 5.41 Å². The highest BCUT2D eigenvalue weighted by Crippen LogP contribution is 2.43. The topological polar surface area (TPSA) is 58.6 Å². The zero-order chi connectivity index (χ0) is 16.7. The van der Waals surface area contributed by atoms with E-state index in [1.54, 1.807) is 12.5 Å². The number of nitrogens with zero attached hydrogens (tertiary/aromatic N) is 4. The monoisotopic (exact) mass is 382 g/mol. The highest BCUT2D eigenvalue weighted by Gasteiger charge is 2.46. The molecule has 2 aliphatic heterocycles. The molecule has 0 radical (unpaired) electrons. The molecule has 0 aromatic carbocycles. The molecule has 23 heavy (non-hydrogen) atoms. The molecule has 0 bridgehead atoms. The lowest BCUT2D eigenvalue weighted by Crippen LogP contribution is -2.61. The van der Waals surface area contributed by atoms with Gasteiger partial charge in [-0.1, -0.05) is 0 Å².